The lowest BCUT2D eigenvalue weighted by molar-refractivity contribution is -0.655. The predicted octanol–water partition coefficient (Wildman–Crippen LogP) is 1.09. The number of ether oxygens (including phenoxy) is 3. The summed E-state index contributed by atoms with van der Waals surface area (Å²) in [6.07, 6.45) is 0.682. The van der Waals surface area contributed by atoms with E-state index < -0.39 is 51.9 Å². The maximum Gasteiger partial charge on any atom is 0.577 e. The smallest absolute Gasteiger partial charge is 0.577 e. The van der Waals surface area contributed by atoms with E-state index in [0.29, 0.717) is 29.5 Å². The maximum atomic E-state index is 13.8. The van der Waals surface area contributed by atoms with Crippen LogP contribution in [0.1, 0.15) is 49.6 Å². The standard InChI is InChI=1S/C28H33N3O14P2/c1-18-14-31(28(35)30-27(18)34)26-13-12-25(43-26)17-40-47(37,44-29)45-46(36,38-15-21-4-8-23(9-5-21)41-19(2)32)39-16-22-6-10-24(11-7-22)42-20(3)33/h4-11,14,25-26H,12-13,15-17H2,1-3,29H3/q+1/p+1/t25-,26+,47?/m0/s1. The normalized spacial score (nSPS) is 18.7. The second kappa shape index (κ2) is 16.1. The van der Waals surface area contributed by atoms with Crippen LogP contribution in [0.2, 0.25) is 0 Å². The Hall–Kier alpha value is -3.44. The molecule has 0 bridgehead atoms. The summed E-state index contributed by atoms with van der Waals surface area (Å²) in [6.45, 7) is 2.95. The number of esters is 2. The van der Waals surface area contributed by atoms with Crippen LogP contribution in [-0.2, 0) is 50.0 Å². The van der Waals surface area contributed by atoms with Gasteiger partial charge >= 0.3 is 34.0 Å². The van der Waals surface area contributed by atoms with Gasteiger partial charge in [0.25, 0.3) is 5.56 Å². The Balaban J connectivity index is 1.44. The fourth-order valence-electron chi connectivity index (χ4n) is 4.23. The zero-order valence-corrected chi connectivity index (χ0v) is 27.4. The molecule has 1 unspecified atom stereocenters. The lowest BCUT2D eigenvalue weighted by Crippen LogP contribution is -2.51. The van der Waals surface area contributed by atoms with Gasteiger partial charge in [-0.3, -0.25) is 23.9 Å². The van der Waals surface area contributed by atoms with Gasteiger partial charge in [0.05, 0.1) is 6.10 Å². The summed E-state index contributed by atoms with van der Waals surface area (Å²) in [5, 5.41) is 0. The molecule has 1 aromatic heterocycles. The van der Waals surface area contributed by atoms with Crippen LogP contribution in [0.4, 0.5) is 0 Å². The maximum absolute atomic E-state index is 13.8. The Kier molecular flexibility index (Phi) is 12.5. The number of hydrogen-bond donors (Lipinski definition) is 2. The zero-order chi connectivity index (χ0) is 34.2. The van der Waals surface area contributed by atoms with Crippen molar-refractivity contribution in [1.29, 1.82) is 0 Å². The number of carbonyl (C=O) groups excluding carboxylic acids is 2. The van der Waals surface area contributed by atoms with Gasteiger partial charge in [-0.25, -0.2) is 4.79 Å². The third-order valence-corrected chi connectivity index (χ3v) is 9.74. The predicted molar refractivity (Wildman–Crippen MR) is 159 cm³/mol. The molecule has 1 aliphatic heterocycles. The fraction of sp³-hybridized carbons (Fsp3) is 0.357. The van der Waals surface area contributed by atoms with Crippen LogP contribution in [0.5, 0.6) is 11.5 Å². The molecule has 4 N–H and O–H groups in total. The van der Waals surface area contributed by atoms with Gasteiger partial charge in [0.15, 0.2) is 0 Å². The number of nitrogens with zero attached hydrogens (tertiary/aromatic N) is 1. The van der Waals surface area contributed by atoms with Crippen LogP contribution in [0.25, 0.3) is 0 Å². The van der Waals surface area contributed by atoms with Crippen LogP contribution in [0.15, 0.2) is 64.3 Å². The first kappa shape index (κ1) is 36.4. The number of aromatic nitrogens is 2. The van der Waals surface area contributed by atoms with Crippen molar-refractivity contribution in [3.63, 3.8) is 0 Å². The van der Waals surface area contributed by atoms with Crippen LogP contribution >= 0.6 is 16.3 Å². The topological polar surface area (TPSA) is 239 Å². The number of quaternary nitrogens is 1. The molecular formula is C28H34N3O14P2+2. The molecule has 0 amide bonds. The first-order valence-corrected chi connectivity index (χ1v) is 17.0. The molecule has 17 nitrogen and oxygen atoms in total. The minimum absolute atomic E-state index is 0.273. The molecule has 47 heavy (non-hydrogen) atoms. The Bertz CT molecular complexity index is 1590. The summed E-state index contributed by atoms with van der Waals surface area (Å²) in [4.78, 5) is 75.9. The lowest BCUT2D eigenvalue weighted by Gasteiger charge is -2.27. The van der Waals surface area contributed by atoms with E-state index in [9.17, 15) is 29.0 Å². The lowest BCUT2D eigenvalue weighted by atomic mass is 10.2. The molecule has 3 atom stereocenters. The van der Waals surface area contributed by atoms with Crippen molar-refractivity contribution in [3.05, 3.63) is 92.3 Å². The van der Waals surface area contributed by atoms with Crippen molar-refractivity contribution in [1.82, 2.24) is 9.55 Å². The number of phosphoric acid groups is 2. The highest BCUT2D eigenvalue weighted by Gasteiger charge is 2.54. The molecule has 2 aromatic carbocycles. The quantitative estimate of drug-likeness (QED) is 0.0743. The van der Waals surface area contributed by atoms with Gasteiger partial charge in [-0.05, 0) is 43.0 Å². The number of phosphoric ester groups is 1. The highest BCUT2D eigenvalue weighted by atomic mass is 31.3. The number of benzene rings is 2. The van der Waals surface area contributed by atoms with Gasteiger partial charge < -0.3 is 19.3 Å². The largest absolute Gasteiger partial charge is 0.602 e. The van der Waals surface area contributed by atoms with Gasteiger partial charge in [0.1, 0.15) is 38.7 Å². The van der Waals surface area contributed by atoms with Crippen LogP contribution in [0, 0.1) is 6.92 Å². The van der Waals surface area contributed by atoms with Crippen molar-refractivity contribution in [3.8, 4) is 11.5 Å². The molecule has 1 fully saturated rings. The number of aromatic amines is 1. The molecule has 1 radical (unpaired) electrons. The van der Waals surface area contributed by atoms with E-state index in [0.717, 1.165) is 0 Å². The van der Waals surface area contributed by atoms with Crippen molar-refractivity contribution in [2.75, 3.05) is 6.61 Å². The Morgan fingerprint density at radius 3 is 2.06 bits per heavy atom. The number of carbonyl (C=O) groups is 2. The van der Waals surface area contributed by atoms with Gasteiger partial charge in [-0.2, -0.15) is 19.5 Å². The number of nitrogens with one attached hydrogen (secondary N) is 1. The molecule has 1 saturated heterocycles. The van der Waals surface area contributed by atoms with E-state index in [2.05, 4.69) is 10.9 Å². The van der Waals surface area contributed by atoms with Crippen LogP contribution in [-0.4, -0.2) is 34.2 Å². The molecule has 0 saturated carbocycles. The molecule has 1 aliphatic rings. The molecule has 3 aromatic rings. The summed E-state index contributed by atoms with van der Waals surface area (Å²) in [7, 11) is -9.45. The number of hydrogen-bond acceptors (Lipinski definition) is 14. The third-order valence-electron chi connectivity index (χ3n) is 6.47. The Morgan fingerprint density at radius 1 is 0.957 bits per heavy atom. The Labute approximate surface area is 269 Å². The zero-order valence-electron chi connectivity index (χ0n) is 25.7. The van der Waals surface area contributed by atoms with Crippen molar-refractivity contribution >= 4 is 28.3 Å². The van der Waals surface area contributed by atoms with E-state index in [1.54, 1.807) is 6.92 Å². The first-order chi connectivity index (χ1) is 22.3. The highest BCUT2D eigenvalue weighted by molar-refractivity contribution is 7.67. The number of rotatable bonds is 15. The average Bonchev–Trinajstić information content (AvgIpc) is 3.50. The Morgan fingerprint density at radius 2 is 1.53 bits per heavy atom. The highest BCUT2D eigenvalue weighted by Crippen LogP contribution is 2.70. The summed E-state index contributed by atoms with van der Waals surface area (Å²) >= 11 is 0. The second-order valence-corrected chi connectivity index (χ2v) is 13.7. The molecule has 0 aliphatic carbocycles. The van der Waals surface area contributed by atoms with Crippen molar-refractivity contribution in [2.45, 2.75) is 59.2 Å². The van der Waals surface area contributed by atoms with E-state index in [1.165, 1.54) is 73.1 Å². The second-order valence-electron chi connectivity index (χ2n) is 10.2. The monoisotopic (exact) mass is 698 g/mol. The van der Waals surface area contributed by atoms with Gasteiger partial charge in [-0.1, -0.05) is 24.3 Å². The van der Waals surface area contributed by atoms with Crippen LogP contribution < -0.4 is 36.4 Å². The summed E-state index contributed by atoms with van der Waals surface area (Å²) in [5.74, 6) is 2.66. The molecule has 2 heterocycles. The number of H-pyrrole nitrogens is 1. The third kappa shape index (κ3) is 10.8. The molecular weight excluding hydrogens is 664 g/mol. The molecule has 19 heteroatoms. The van der Waals surface area contributed by atoms with Gasteiger partial charge in [0, 0.05) is 44.5 Å². The first-order valence-electron chi connectivity index (χ1n) is 14.1. The fourth-order valence-corrected chi connectivity index (χ4v) is 7.07. The minimum atomic E-state index is -4.74. The number of aryl methyl sites for hydroxylation is 1. The molecule has 0 spiro atoms. The summed E-state index contributed by atoms with van der Waals surface area (Å²) in [6, 6.07) is 12.1. The van der Waals surface area contributed by atoms with Gasteiger partial charge in [-0.15, -0.1) is 0 Å². The van der Waals surface area contributed by atoms with Crippen molar-refractivity contribution in [2.24, 2.45) is 0 Å². The average molecular weight is 699 g/mol. The van der Waals surface area contributed by atoms with E-state index in [4.69, 9.17) is 36.7 Å². The van der Waals surface area contributed by atoms with E-state index in [-0.39, 0.29) is 31.3 Å². The minimum Gasteiger partial charge on any atom is -0.602 e. The van der Waals surface area contributed by atoms with Crippen molar-refractivity contribution < 1.29 is 62.0 Å². The summed E-state index contributed by atoms with van der Waals surface area (Å²) < 4.78 is 43.4. The van der Waals surface area contributed by atoms with Crippen LogP contribution in [0.3, 0.4) is 0 Å². The van der Waals surface area contributed by atoms with E-state index >= 15 is 0 Å². The molecule has 4 rings (SSSR count). The molecule has 253 valence electrons. The SMILES string of the molecule is CC(=O)Oc1ccc(CO[P+]([O-])(OCc2ccc(OC(C)=[O+])cc2)O[P+]([O-])(O[NH3+])OC[C@@H]2CC[C@H](n3cc(C)c(=O)[nH]c3=O)O2)cc1. The summed E-state index contributed by atoms with van der Waals surface area (Å²) in [5.41, 5.74) is 0.0703. The van der Waals surface area contributed by atoms with E-state index in [1.807, 2.05) is 0 Å². The van der Waals surface area contributed by atoms with Gasteiger partial charge in [0.2, 0.25) is 5.75 Å².